The van der Waals surface area contributed by atoms with Crippen molar-refractivity contribution in [1.29, 1.82) is 0 Å². The van der Waals surface area contributed by atoms with E-state index in [1.165, 1.54) is 36.3 Å². The number of hydrogen-bond acceptors (Lipinski definition) is 3. The first kappa shape index (κ1) is 22.4. The number of hydrogen-bond donors (Lipinski definition) is 1. The van der Waals surface area contributed by atoms with Gasteiger partial charge in [0.2, 0.25) is 0 Å². The van der Waals surface area contributed by atoms with Crippen LogP contribution in [0.15, 0.2) is 47.3 Å². The average molecular weight is 361 g/mol. The minimum atomic E-state index is -1.18. The molecule has 26 heavy (non-hydrogen) atoms. The van der Waals surface area contributed by atoms with Crippen LogP contribution in [0.4, 0.5) is 0 Å². The van der Waals surface area contributed by atoms with Crippen LogP contribution in [0.25, 0.3) is 0 Å². The molecule has 3 nitrogen and oxygen atoms in total. The topological polar surface area (TPSA) is 46.5 Å². The number of rotatable bonds is 5. The minimum absolute atomic E-state index is 0.197. The van der Waals surface area contributed by atoms with Crippen LogP contribution in [-0.2, 0) is 9.53 Å². The third-order valence-electron chi connectivity index (χ3n) is 4.77. The Morgan fingerprint density at radius 2 is 1.85 bits per heavy atom. The summed E-state index contributed by atoms with van der Waals surface area (Å²) < 4.78 is 5.09. The summed E-state index contributed by atoms with van der Waals surface area (Å²) in [5, 5.41) is 10.5. The number of allylic oxidation sites excluding steroid dienone is 5. The summed E-state index contributed by atoms with van der Waals surface area (Å²) in [4.78, 5) is 11.8. The van der Waals surface area contributed by atoms with E-state index in [2.05, 4.69) is 32.9 Å². The number of ether oxygens (including phenoxy) is 1. The predicted molar refractivity (Wildman–Crippen MR) is 109 cm³/mol. The fraction of sp³-hybridized carbons (Fsp3) is 0.609. The molecule has 0 saturated carbocycles. The number of aliphatic hydroxyl groups is 1. The number of esters is 1. The third kappa shape index (κ3) is 6.95. The van der Waals surface area contributed by atoms with Gasteiger partial charge >= 0.3 is 5.97 Å². The summed E-state index contributed by atoms with van der Waals surface area (Å²) in [6.45, 7) is 15.8. The fourth-order valence-electron chi connectivity index (χ4n) is 3.19. The molecule has 1 rings (SSSR count). The molecule has 3 heteroatoms. The van der Waals surface area contributed by atoms with Crippen molar-refractivity contribution in [3.63, 3.8) is 0 Å². The maximum atomic E-state index is 11.8. The van der Waals surface area contributed by atoms with E-state index in [1.807, 2.05) is 6.92 Å². The molecule has 1 aliphatic carbocycles. The molecule has 1 unspecified atom stereocenters. The average Bonchev–Trinajstić information content (AvgIpc) is 2.44. The Kier molecular flexibility index (Phi) is 7.24. The van der Waals surface area contributed by atoms with E-state index in [9.17, 15) is 9.90 Å². The summed E-state index contributed by atoms with van der Waals surface area (Å²) in [5.74, 6) is -0.327. The van der Waals surface area contributed by atoms with Crippen LogP contribution in [0, 0.1) is 10.8 Å². The van der Waals surface area contributed by atoms with Gasteiger partial charge in [0, 0.05) is 0 Å². The normalized spacial score (nSPS) is 21.3. The molecular formula is C23H36O3. The third-order valence-corrected chi connectivity index (χ3v) is 4.77. The lowest BCUT2D eigenvalue weighted by atomic mass is 9.72. The van der Waals surface area contributed by atoms with Gasteiger partial charge in [-0.05, 0) is 83.9 Å². The largest absolute Gasteiger partial charge is 0.434 e. The molecule has 0 saturated heterocycles. The zero-order valence-electron chi connectivity index (χ0n) is 17.8. The Morgan fingerprint density at radius 3 is 2.38 bits per heavy atom. The van der Waals surface area contributed by atoms with E-state index >= 15 is 0 Å². The van der Waals surface area contributed by atoms with E-state index in [4.69, 9.17) is 4.74 Å². The standard InChI is InChI=1S/C23H36O3/c1-17(11-12-19-18(2)10-9-13-22(19,6)7)16-23(8,25)14-15-26-20(24)21(3,4)5/h11-12,14-16,25H,9-10,13H2,1-8H3/b12-11+,15-14+,17-16+. The van der Waals surface area contributed by atoms with Gasteiger partial charge in [0.25, 0.3) is 0 Å². The molecular weight excluding hydrogens is 324 g/mol. The number of carbonyl (C=O) groups is 1. The van der Waals surface area contributed by atoms with Crippen molar-refractivity contribution >= 4 is 5.97 Å². The van der Waals surface area contributed by atoms with Gasteiger partial charge in [0.1, 0.15) is 5.60 Å². The summed E-state index contributed by atoms with van der Waals surface area (Å²) in [6.07, 6.45) is 12.4. The first-order valence-corrected chi connectivity index (χ1v) is 9.43. The van der Waals surface area contributed by atoms with Crippen molar-refractivity contribution in [2.75, 3.05) is 0 Å². The SMILES string of the molecule is CC1=C(/C=C/C(C)=C/C(C)(O)/C=C/OC(=O)C(C)(C)C)C(C)(C)CCC1. The Labute approximate surface area is 159 Å². The van der Waals surface area contributed by atoms with Crippen LogP contribution < -0.4 is 0 Å². The van der Waals surface area contributed by atoms with Gasteiger partial charge in [0.05, 0.1) is 11.7 Å². The van der Waals surface area contributed by atoms with Crippen molar-refractivity contribution in [2.45, 2.75) is 80.3 Å². The molecule has 0 aliphatic heterocycles. The quantitative estimate of drug-likeness (QED) is 0.379. The summed E-state index contributed by atoms with van der Waals surface area (Å²) >= 11 is 0. The zero-order valence-corrected chi connectivity index (χ0v) is 17.8. The first-order chi connectivity index (χ1) is 11.7. The predicted octanol–water partition coefficient (Wildman–Crippen LogP) is 5.87. The smallest absolute Gasteiger partial charge is 0.316 e. The highest BCUT2D eigenvalue weighted by Gasteiger charge is 2.26. The Bertz CT molecular complexity index is 635. The highest BCUT2D eigenvalue weighted by atomic mass is 16.5. The molecule has 1 atom stereocenters. The van der Waals surface area contributed by atoms with Gasteiger partial charge in [-0.15, -0.1) is 0 Å². The molecule has 0 radical (unpaired) electrons. The minimum Gasteiger partial charge on any atom is -0.434 e. The Balaban J connectivity index is 2.83. The van der Waals surface area contributed by atoms with Gasteiger partial charge < -0.3 is 9.84 Å². The molecule has 146 valence electrons. The lowest BCUT2D eigenvalue weighted by Gasteiger charge is -2.33. The number of carbonyl (C=O) groups excluding carboxylic acids is 1. The van der Waals surface area contributed by atoms with Crippen LogP contribution >= 0.6 is 0 Å². The lowest BCUT2D eigenvalue weighted by molar-refractivity contribution is -0.146. The lowest BCUT2D eigenvalue weighted by Crippen LogP contribution is -2.22. The van der Waals surface area contributed by atoms with Crippen molar-refractivity contribution < 1.29 is 14.6 Å². The molecule has 0 aromatic carbocycles. The van der Waals surface area contributed by atoms with Crippen LogP contribution in [0.5, 0.6) is 0 Å². The van der Waals surface area contributed by atoms with Gasteiger partial charge in [-0.1, -0.05) is 37.1 Å². The molecule has 0 amide bonds. The monoisotopic (exact) mass is 360 g/mol. The highest BCUT2D eigenvalue weighted by molar-refractivity contribution is 5.75. The Hall–Kier alpha value is -1.61. The van der Waals surface area contributed by atoms with E-state index in [0.29, 0.717) is 0 Å². The molecule has 1 aliphatic rings. The molecule has 0 aromatic rings. The maximum absolute atomic E-state index is 11.8. The second-order valence-corrected chi connectivity index (χ2v) is 9.34. The van der Waals surface area contributed by atoms with Crippen LogP contribution in [0.2, 0.25) is 0 Å². The van der Waals surface area contributed by atoms with E-state index < -0.39 is 11.0 Å². The van der Waals surface area contributed by atoms with Gasteiger partial charge in [-0.2, -0.15) is 0 Å². The summed E-state index contributed by atoms with van der Waals surface area (Å²) in [6, 6.07) is 0. The van der Waals surface area contributed by atoms with E-state index in [1.54, 1.807) is 33.8 Å². The molecule has 0 fully saturated rings. The van der Waals surface area contributed by atoms with E-state index in [0.717, 1.165) is 12.0 Å². The fourth-order valence-corrected chi connectivity index (χ4v) is 3.19. The van der Waals surface area contributed by atoms with Crippen molar-refractivity contribution in [3.8, 4) is 0 Å². The van der Waals surface area contributed by atoms with Crippen molar-refractivity contribution in [3.05, 3.63) is 47.3 Å². The van der Waals surface area contributed by atoms with Gasteiger partial charge in [-0.3, -0.25) is 4.79 Å². The molecule has 1 N–H and O–H groups in total. The molecule has 0 spiro atoms. The summed E-state index contributed by atoms with van der Waals surface area (Å²) in [5.41, 5.74) is 2.25. The van der Waals surface area contributed by atoms with Crippen LogP contribution in [0.3, 0.4) is 0 Å². The zero-order chi connectivity index (χ0) is 20.2. The summed E-state index contributed by atoms with van der Waals surface area (Å²) in [7, 11) is 0. The van der Waals surface area contributed by atoms with Gasteiger partial charge in [-0.25, -0.2) is 0 Å². The highest BCUT2D eigenvalue weighted by Crippen LogP contribution is 2.40. The first-order valence-electron chi connectivity index (χ1n) is 9.43. The molecule has 0 aromatic heterocycles. The van der Waals surface area contributed by atoms with Crippen molar-refractivity contribution in [1.82, 2.24) is 0 Å². The van der Waals surface area contributed by atoms with E-state index in [-0.39, 0.29) is 11.4 Å². The van der Waals surface area contributed by atoms with Gasteiger partial charge in [0.15, 0.2) is 0 Å². The molecule has 0 bridgehead atoms. The van der Waals surface area contributed by atoms with Crippen LogP contribution in [0.1, 0.15) is 74.7 Å². The second kappa shape index (κ2) is 8.39. The Morgan fingerprint density at radius 1 is 1.23 bits per heavy atom. The second-order valence-electron chi connectivity index (χ2n) is 9.34. The van der Waals surface area contributed by atoms with Crippen LogP contribution in [-0.4, -0.2) is 16.7 Å². The molecule has 0 heterocycles. The van der Waals surface area contributed by atoms with Crippen molar-refractivity contribution in [2.24, 2.45) is 10.8 Å². The maximum Gasteiger partial charge on any atom is 0.316 e.